The van der Waals surface area contributed by atoms with Gasteiger partial charge in [0.05, 0.1) is 7.11 Å². The van der Waals surface area contributed by atoms with E-state index in [0.29, 0.717) is 11.8 Å². The van der Waals surface area contributed by atoms with Crippen molar-refractivity contribution < 1.29 is 9.47 Å². The molecule has 1 aliphatic carbocycles. The summed E-state index contributed by atoms with van der Waals surface area (Å²) in [6.45, 7) is 4.22. The van der Waals surface area contributed by atoms with Crippen LogP contribution in [-0.2, 0) is 6.42 Å². The molecule has 0 N–H and O–H groups in total. The van der Waals surface area contributed by atoms with E-state index >= 15 is 0 Å². The van der Waals surface area contributed by atoms with Crippen molar-refractivity contribution >= 4 is 0 Å². The van der Waals surface area contributed by atoms with E-state index in [-0.39, 0.29) is 0 Å². The molecule has 0 spiro atoms. The maximum Gasteiger partial charge on any atom is 0.119 e. The Balaban J connectivity index is 1.39. The molecule has 3 aromatic rings. The lowest BCUT2D eigenvalue weighted by Crippen LogP contribution is -2.25. The third-order valence-corrected chi connectivity index (χ3v) is 7.15. The molecule has 1 heterocycles. The van der Waals surface area contributed by atoms with E-state index in [1.54, 1.807) is 7.11 Å². The van der Waals surface area contributed by atoms with Crippen molar-refractivity contribution in [2.45, 2.75) is 37.5 Å². The van der Waals surface area contributed by atoms with Crippen molar-refractivity contribution in [3.8, 4) is 11.5 Å². The number of hydrogen-bond donors (Lipinski definition) is 0. The molecule has 3 nitrogen and oxygen atoms in total. The summed E-state index contributed by atoms with van der Waals surface area (Å²) in [5.41, 5.74) is 5.61. The number of hydrogen-bond acceptors (Lipinski definition) is 3. The normalized spacial score (nSPS) is 20.7. The van der Waals surface area contributed by atoms with Gasteiger partial charge in [0.2, 0.25) is 0 Å². The predicted octanol–water partition coefficient (Wildman–Crippen LogP) is 6.03. The fourth-order valence-corrected chi connectivity index (χ4v) is 5.46. The van der Waals surface area contributed by atoms with Crippen LogP contribution in [0.5, 0.6) is 11.5 Å². The van der Waals surface area contributed by atoms with Crippen LogP contribution in [0.1, 0.15) is 53.4 Å². The smallest absolute Gasteiger partial charge is 0.119 e. The summed E-state index contributed by atoms with van der Waals surface area (Å²) in [5, 5.41) is 0. The SMILES string of the molecule is COc1ccc2c(c1)CC[C@H](c1ccccc1)C2c1ccc(OCCN2CCCC2)cc1. The van der Waals surface area contributed by atoms with E-state index in [1.165, 1.54) is 48.2 Å². The number of methoxy groups -OCH3 is 1. The number of rotatable bonds is 7. The summed E-state index contributed by atoms with van der Waals surface area (Å²) in [6.07, 6.45) is 4.88. The molecular weight excluding hydrogens is 394 g/mol. The lowest BCUT2D eigenvalue weighted by molar-refractivity contribution is 0.237. The lowest BCUT2D eigenvalue weighted by atomic mass is 9.69. The van der Waals surface area contributed by atoms with Crippen molar-refractivity contribution in [1.29, 1.82) is 0 Å². The highest BCUT2D eigenvalue weighted by Gasteiger charge is 2.32. The molecule has 5 rings (SSSR count). The summed E-state index contributed by atoms with van der Waals surface area (Å²) >= 11 is 0. The second-order valence-corrected chi connectivity index (χ2v) is 9.06. The zero-order valence-electron chi connectivity index (χ0n) is 19.0. The van der Waals surface area contributed by atoms with Gasteiger partial charge in [-0.05, 0) is 91.2 Å². The van der Waals surface area contributed by atoms with Crippen LogP contribution in [0.3, 0.4) is 0 Å². The van der Waals surface area contributed by atoms with Crippen LogP contribution in [0.15, 0.2) is 72.8 Å². The van der Waals surface area contributed by atoms with Gasteiger partial charge in [-0.2, -0.15) is 0 Å². The van der Waals surface area contributed by atoms with Crippen LogP contribution in [0.2, 0.25) is 0 Å². The Hall–Kier alpha value is -2.78. The molecular formula is C29H33NO2. The minimum absolute atomic E-state index is 0.339. The van der Waals surface area contributed by atoms with E-state index in [2.05, 4.69) is 77.7 Å². The molecule has 0 saturated carbocycles. The topological polar surface area (TPSA) is 21.7 Å². The lowest BCUT2D eigenvalue weighted by Gasteiger charge is -2.35. The Bertz CT molecular complexity index is 1010. The second-order valence-electron chi connectivity index (χ2n) is 9.06. The first kappa shape index (κ1) is 21.1. The largest absolute Gasteiger partial charge is 0.497 e. The Morgan fingerprint density at radius 1 is 0.844 bits per heavy atom. The summed E-state index contributed by atoms with van der Waals surface area (Å²) in [6, 6.07) is 26.4. The maximum absolute atomic E-state index is 6.06. The number of likely N-dealkylation sites (tertiary alicyclic amines) is 1. The molecule has 3 aromatic carbocycles. The number of nitrogens with zero attached hydrogens (tertiary/aromatic N) is 1. The van der Waals surface area contributed by atoms with Crippen LogP contribution in [0, 0.1) is 0 Å². The van der Waals surface area contributed by atoms with Crippen LogP contribution >= 0.6 is 0 Å². The Morgan fingerprint density at radius 2 is 1.59 bits per heavy atom. The van der Waals surface area contributed by atoms with Gasteiger partial charge in [0, 0.05) is 12.5 Å². The summed E-state index contributed by atoms with van der Waals surface area (Å²) in [4.78, 5) is 2.49. The van der Waals surface area contributed by atoms with E-state index < -0.39 is 0 Å². The number of benzene rings is 3. The van der Waals surface area contributed by atoms with Crippen LogP contribution < -0.4 is 9.47 Å². The van der Waals surface area contributed by atoms with Gasteiger partial charge in [0.15, 0.2) is 0 Å². The van der Waals surface area contributed by atoms with Gasteiger partial charge in [-0.25, -0.2) is 0 Å². The average molecular weight is 428 g/mol. The van der Waals surface area contributed by atoms with Gasteiger partial charge in [-0.3, -0.25) is 4.90 Å². The fourth-order valence-electron chi connectivity index (χ4n) is 5.46. The molecule has 2 aliphatic rings. The minimum Gasteiger partial charge on any atom is -0.497 e. The quantitative estimate of drug-likeness (QED) is 0.459. The van der Waals surface area contributed by atoms with Crippen molar-refractivity contribution in [2.24, 2.45) is 0 Å². The van der Waals surface area contributed by atoms with E-state index in [0.717, 1.165) is 37.5 Å². The molecule has 2 atom stereocenters. The molecule has 0 bridgehead atoms. The third kappa shape index (κ3) is 4.54. The molecule has 1 saturated heterocycles. The minimum atomic E-state index is 0.339. The molecule has 0 aromatic heterocycles. The van der Waals surface area contributed by atoms with Crippen molar-refractivity contribution in [3.05, 3.63) is 95.1 Å². The molecule has 166 valence electrons. The van der Waals surface area contributed by atoms with E-state index in [4.69, 9.17) is 9.47 Å². The highest BCUT2D eigenvalue weighted by Crippen LogP contribution is 2.47. The molecule has 1 aliphatic heterocycles. The summed E-state index contributed by atoms with van der Waals surface area (Å²) < 4.78 is 11.6. The van der Waals surface area contributed by atoms with Gasteiger partial charge in [-0.1, -0.05) is 48.5 Å². The van der Waals surface area contributed by atoms with E-state index in [1.807, 2.05) is 0 Å². The molecule has 3 heteroatoms. The predicted molar refractivity (Wildman–Crippen MR) is 130 cm³/mol. The first-order valence-corrected chi connectivity index (χ1v) is 12.0. The first-order chi connectivity index (χ1) is 15.8. The Labute approximate surface area is 192 Å². The van der Waals surface area contributed by atoms with Crippen LogP contribution in [-0.4, -0.2) is 38.3 Å². The zero-order chi connectivity index (χ0) is 21.8. The average Bonchev–Trinajstić information content (AvgIpc) is 3.37. The highest BCUT2D eigenvalue weighted by atomic mass is 16.5. The molecule has 1 unspecified atom stereocenters. The highest BCUT2D eigenvalue weighted by molar-refractivity contribution is 5.48. The summed E-state index contributed by atoms with van der Waals surface area (Å²) in [7, 11) is 1.75. The molecule has 0 amide bonds. The standard InChI is InChI=1S/C29H33NO2/c1-31-26-14-16-28-24(21-26)11-15-27(22-7-3-2-4-8-22)29(28)23-9-12-25(13-10-23)32-20-19-30-17-5-6-18-30/h2-4,7-10,12-14,16,21,27,29H,5-6,11,15,17-20H2,1H3/t27-,29?/m1/s1. The second kappa shape index (κ2) is 9.79. The Morgan fingerprint density at radius 3 is 2.34 bits per heavy atom. The summed E-state index contributed by atoms with van der Waals surface area (Å²) in [5.74, 6) is 2.72. The van der Waals surface area contributed by atoms with Crippen molar-refractivity contribution in [1.82, 2.24) is 4.90 Å². The zero-order valence-corrected chi connectivity index (χ0v) is 19.0. The molecule has 0 radical (unpaired) electrons. The van der Waals surface area contributed by atoms with Crippen molar-refractivity contribution in [2.75, 3.05) is 33.4 Å². The first-order valence-electron chi connectivity index (χ1n) is 12.0. The van der Waals surface area contributed by atoms with Gasteiger partial charge in [0.1, 0.15) is 18.1 Å². The van der Waals surface area contributed by atoms with Gasteiger partial charge in [-0.15, -0.1) is 0 Å². The third-order valence-electron chi connectivity index (χ3n) is 7.15. The molecule has 1 fully saturated rings. The van der Waals surface area contributed by atoms with Gasteiger partial charge < -0.3 is 9.47 Å². The Kier molecular flexibility index (Phi) is 6.45. The van der Waals surface area contributed by atoms with E-state index in [9.17, 15) is 0 Å². The number of ether oxygens (including phenoxy) is 2. The molecule has 32 heavy (non-hydrogen) atoms. The van der Waals surface area contributed by atoms with Crippen LogP contribution in [0.4, 0.5) is 0 Å². The fraction of sp³-hybridized carbons (Fsp3) is 0.379. The maximum atomic E-state index is 6.06. The van der Waals surface area contributed by atoms with Crippen LogP contribution in [0.25, 0.3) is 0 Å². The number of aryl methyl sites for hydroxylation is 1. The van der Waals surface area contributed by atoms with Gasteiger partial charge in [0.25, 0.3) is 0 Å². The van der Waals surface area contributed by atoms with Crippen molar-refractivity contribution in [3.63, 3.8) is 0 Å². The number of fused-ring (bicyclic) bond motifs is 1. The monoisotopic (exact) mass is 427 g/mol. The van der Waals surface area contributed by atoms with Gasteiger partial charge >= 0.3 is 0 Å².